The van der Waals surface area contributed by atoms with Crippen LogP contribution in [0.25, 0.3) is 33.2 Å². The Labute approximate surface area is 373 Å². The Morgan fingerprint density at radius 3 is 2.39 bits per heavy atom. The predicted octanol–water partition coefficient (Wildman–Crippen LogP) is 7.77. The minimum atomic E-state index is -0.717. The van der Waals surface area contributed by atoms with Crippen molar-refractivity contribution < 1.29 is 38.1 Å². The van der Waals surface area contributed by atoms with Crippen LogP contribution in [-0.2, 0) is 36.8 Å². The molecule has 0 aliphatic carbocycles. The molecule has 0 unspecified atom stereocenters. The number of aromatic nitrogens is 2. The van der Waals surface area contributed by atoms with Crippen LogP contribution >= 0.6 is 0 Å². The molecule has 3 fully saturated rings. The molecule has 0 bridgehead atoms. The third kappa shape index (κ3) is 7.96. The van der Waals surface area contributed by atoms with Crippen molar-refractivity contribution in [2.45, 2.75) is 122 Å². The highest BCUT2D eigenvalue weighted by Crippen LogP contribution is 2.45. The molecule has 3 saturated heterocycles. The number of rotatable bonds is 10. The van der Waals surface area contributed by atoms with Gasteiger partial charge in [-0.3, -0.25) is 14.6 Å². The minimum Gasteiger partial charge on any atom is -0.488 e. The van der Waals surface area contributed by atoms with E-state index in [2.05, 4.69) is 65.0 Å². The van der Waals surface area contributed by atoms with Gasteiger partial charge in [-0.2, -0.15) is 0 Å². The molecule has 3 aromatic carbocycles. The highest BCUT2D eigenvalue weighted by atomic mass is 16.5. The predicted molar refractivity (Wildman–Crippen MR) is 241 cm³/mol. The van der Waals surface area contributed by atoms with Crippen molar-refractivity contribution in [2.24, 2.45) is 16.8 Å². The van der Waals surface area contributed by atoms with E-state index in [0.717, 1.165) is 93.5 Å². The van der Waals surface area contributed by atoms with Gasteiger partial charge in [0.15, 0.2) is 0 Å². The SMILES string of the molecule is CC[C@H]1CC[C@@H](C2=Nc3ccc4cc5c(cc4c3C2)OCc2cc(-c3cnc([C@@H]4CC[C@H](C)N4C(=O)[C@@H](NC(=O)OC)C(C)C)[nH]3)ccc2-5)N1C(=O)[C@@H](NC(=O)OC)C1CCOCC1. The van der Waals surface area contributed by atoms with E-state index >= 15 is 0 Å². The molecule has 0 saturated carbocycles. The average Bonchev–Trinajstić information content (AvgIpc) is 4.14. The number of nitrogens with one attached hydrogen (secondary N) is 3. The summed E-state index contributed by atoms with van der Waals surface area (Å²) in [6.45, 7) is 9.49. The molecule has 15 nitrogen and oxygen atoms in total. The van der Waals surface area contributed by atoms with Gasteiger partial charge in [-0.15, -0.1) is 0 Å². The number of carbonyl (C=O) groups is 4. The topological polar surface area (TPSA) is 177 Å². The van der Waals surface area contributed by atoms with Crippen molar-refractivity contribution in [2.75, 3.05) is 27.4 Å². The lowest BCUT2D eigenvalue weighted by Crippen LogP contribution is -2.57. The number of imidazole rings is 1. The summed E-state index contributed by atoms with van der Waals surface area (Å²) in [5, 5.41) is 7.81. The molecule has 4 amide bonds. The molecule has 5 aliphatic heterocycles. The van der Waals surface area contributed by atoms with Gasteiger partial charge in [0, 0.05) is 43.0 Å². The van der Waals surface area contributed by atoms with E-state index < -0.39 is 24.3 Å². The van der Waals surface area contributed by atoms with E-state index in [0.29, 0.717) is 44.9 Å². The van der Waals surface area contributed by atoms with E-state index in [4.69, 9.17) is 28.9 Å². The fourth-order valence-corrected chi connectivity index (χ4v) is 10.7. The summed E-state index contributed by atoms with van der Waals surface area (Å²) in [4.78, 5) is 70.5. The van der Waals surface area contributed by atoms with Crippen LogP contribution in [0.5, 0.6) is 5.75 Å². The number of aliphatic imine (C=N–C) groups is 1. The highest BCUT2D eigenvalue weighted by Gasteiger charge is 2.45. The molecule has 1 aromatic heterocycles. The lowest BCUT2D eigenvalue weighted by Gasteiger charge is -2.37. The molecule has 6 atom stereocenters. The maximum Gasteiger partial charge on any atom is 0.407 e. The van der Waals surface area contributed by atoms with Crippen LogP contribution in [0, 0.1) is 11.8 Å². The summed E-state index contributed by atoms with van der Waals surface area (Å²) in [6, 6.07) is 13.1. The molecule has 15 heteroatoms. The van der Waals surface area contributed by atoms with Crippen LogP contribution in [0.1, 0.15) is 95.6 Å². The third-order valence-electron chi connectivity index (χ3n) is 14.2. The monoisotopic (exact) mass is 873 g/mol. The molecule has 0 spiro atoms. The second-order valence-electron chi connectivity index (χ2n) is 18.3. The van der Waals surface area contributed by atoms with Gasteiger partial charge in [0.05, 0.1) is 43.9 Å². The molecule has 64 heavy (non-hydrogen) atoms. The first kappa shape index (κ1) is 43.3. The van der Waals surface area contributed by atoms with Crippen molar-refractivity contribution in [3.63, 3.8) is 0 Å². The number of methoxy groups -OCH3 is 2. The van der Waals surface area contributed by atoms with Crippen LogP contribution in [0.15, 0.2) is 53.7 Å². The van der Waals surface area contributed by atoms with Gasteiger partial charge in [0.2, 0.25) is 11.8 Å². The number of fused-ring (bicyclic) bond motifs is 6. The molecule has 9 rings (SSSR count). The molecule has 6 heterocycles. The first-order chi connectivity index (χ1) is 31.0. The zero-order chi connectivity index (χ0) is 44.8. The van der Waals surface area contributed by atoms with Gasteiger partial charge in [0.25, 0.3) is 0 Å². The molecule has 5 aliphatic rings. The zero-order valence-corrected chi connectivity index (χ0v) is 37.6. The largest absolute Gasteiger partial charge is 0.488 e. The van der Waals surface area contributed by atoms with E-state index in [1.807, 2.05) is 36.8 Å². The Morgan fingerprint density at radius 2 is 1.64 bits per heavy atom. The van der Waals surface area contributed by atoms with Crippen molar-refractivity contribution in [1.82, 2.24) is 30.4 Å². The van der Waals surface area contributed by atoms with E-state index in [9.17, 15) is 19.2 Å². The maximum atomic E-state index is 14.6. The lowest BCUT2D eigenvalue weighted by molar-refractivity contribution is -0.138. The standard InChI is InChI=1S/C49H59N7O8/c1-7-32-11-15-40(56(32)47(58)44(54-49(60)62-6)28-16-18-63-19-17-28)38-22-35-34-23-42-36(21-29(34)10-13-37(35)51-38)33-12-9-30(20-31(33)25-64-42)39-24-50-45(52-39)41-14-8-27(4)55(41)46(57)43(26(2)3)53-48(59)61-5/h9-10,12-13,20-21,23-24,26-28,32,40-41,43-44H,7-8,11,14-19,22,25H2,1-6H3,(H,50,52)(H,53,59)(H,54,60)/t27-,32-,40-,41-,43-,44-/m0/s1. The molecular formula is C49H59N7O8. The fourth-order valence-electron chi connectivity index (χ4n) is 10.7. The lowest BCUT2D eigenvalue weighted by atomic mass is 9.89. The second-order valence-corrected chi connectivity index (χ2v) is 18.3. The molecule has 338 valence electrons. The number of carbonyl (C=O) groups excluding carboxylic acids is 4. The number of H-pyrrole nitrogens is 1. The van der Waals surface area contributed by atoms with E-state index in [-0.39, 0.29) is 47.8 Å². The van der Waals surface area contributed by atoms with Crippen molar-refractivity contribution in [3.8, 4) is 28.1 Å². The Bertz CT molecular complexity index is 2490. The molecular weight excluding hydrogens is 815 g/mol. The quantitative estimate of drug-likeness (QED) is 0.144. The fraction of sp³-hybridized carbons (Fsp3) is 0.510. The highest BCUT2D eigenvalue weighted by molar-refractivity contribution is 6.07. The minimum absolute atomic E-state index is 0.0140. The van der Waals surface area contributed by atoms with Crippen molar-refractivity contribution in [1.29, 1.82) is 0 Å². The number of benzene rings is 3. The molecule has 0 radical (unpaired) electrons. The zero-order valence-electron chi connectivity index (χ0n) is 37.6. The summed E-state index contributed by atoms with van der Waals surface area (Å²) in [6.07, 6.45) is 6.71. The second kappa shape index (κ2) is 17.9. The van der Waals surface area contributed by atoms with Gasteiger partial charge in [0.1, 0.15) is 30.3 Å². The van der Waals surface area contributed by atoms with Crippen LogP contribution in [0.2, 0.25) is 0 Å². The third-order valence-corrected chi connectivity index (χ3v) is 14.2. The average molecular weight is 874 g/mol. The van der Waals surface area contributed by atoms with Crippen molar-refractivity contribution >= 4 is 46.2 Å². The Hall–Kier alpha value is -5.96. The number of amides is 4. The maximum absolute atomic E-state index is 14.6. The van der Waals surface area contributed by atoms with Gasteiger partial charge >= 0.3 is 12.2 Å². The smallest absolute Gasteiger partial charge is 0.407 e. The summed E-state index contributed by atoms with van der Waals surface area (Å²) < 4.78 is 21.9. The van der Waals surface area contributed by atoms with Gasteiger partial charge in [-0.05, 0) is 121 Å². The van der Waals surface area contributed by atoms with E-state index in [1.54, 1.807) is 0 Å². The summed E-state index contributed by atoms with van der Waals surface area (Å²) in [7, 11) is 2.62. The van der Waals surface area contributed by atoms with Crippen LogP contribution in [0.4, 0.5) is 15.3 Å². The number of hydrogen-bond donors (Lipinski definition) is 3. The number of ether oxygens (including phenoxy) is 4. The number of likely N-dealkylation sites (tertiary alicyclic amines) is 2. The van der Waals surface area contributed by atoms with Crippen LogP contribution < -0.4 is 15.4 Å². The number of nitrogens with zero attached hydrogens (tertiary/aromatic N) is 4. The summed E-state index contributed by atoms with van der Waals surface area (Å²) in [5.74, 6) is 1.15. The Balaban J connectivity index is 0.939. The first-order valence-corrected chi connectivity index (χ1v) is 22.9. The van der Waals surface area contributed by atoms with Crippen molar-refractivity contribution in [3.05, 3.63) is 65.6 Å². The molecule has 4 aromatic rings. The Morgan fingerprint density at radius 1 is 0.875 bits per heavy atom. The van der Waals surface area contributed by atoms with Crippen LogP contribution in [-0.4, -0.2) is 107 Å². The van der Waals surface area contributed by atoms with Gasteiger partial charge in [-0.25, -0.2) is 14.6 Å². The number of aromatic amines is 1. The number of hydrogen-bond acceptors (Lipinski definition) is 10. The summed E-state index contributed by atoms with van der Waals surface area (Å²) >= 11 is 0. The van der Waals surface area contributed by atoms with E-state index in [1.165, 1.54) is 14.2 Å². The summed E-state index contributed by atoms with van der Waals surface area (Å²) in [5.41, 5.74) is 8.03. The normalized spacial score (nSPS) is 22.6. The van der Waals surface area contributed by atoms with Crippen LogP contribution in [0.3, 0.4) is 0 Å². The van der Waals surface area contributed by atoms with Gasteiger partial charge in [-0.1, -0.05) is 39.0 Å². The first-order valence-electron chi connectivity index (χ1n) is 22.9. The number of alkyl carbamates (subject to hydrolysis) is 2. The molecule has 3 N–H and O–H groups in total. The van der Waals surface area contributed by atoms with Gasteiger partial charge < -0.3 is 44.4 Å². The Kier molecular flexibility index (Phi) is 12.1.